The minimum Gasteiger partial charge on any atom is -0.496 e. The molecule has 102 valence electrons. The number of hydrogen-bond acceptors (Lipinski definition) is 2. The third-order valence-corrected chi connectivity index (χ3v) is 3.63. The Morgan fingerprint density at radius 3 is 2.39 bits per heavy atom. The number of halogens is 1. The van der Waals surface area contributed by atoms with Crippen LogP contribution < -0.4 is 4.74 Å². The van der Waals surface area contributed by atoms with Crippen LogP contribution in [0.2, 0.25) is 0 Å². The molecular weight excluding hydrogens is 339 g/mol. The molecule has 0 amide bonds. The second kappa shape index (κ2) is 8.00. The summed E-state index contributed by atoms with van der Waals surface area (Å²) in [6, 6.07) is 8.10. The van der Waals surface area contributed by atoms with Gasteiger partial charge in [-0.2, -0.15) is 0 Å². The number of ether oxygens (including phenoxy) is 2. The van der Waals surface area contributed by atoms with Crippen LogP contribution in [0.15, 0.2) is 24.3 Å². The molecule has 0 aliphatic heterocycles. The Morgan fingerprint density at radius 2 is 1.83 bits per heavy atom. The first-order valence-corrected chi connectivity index (χ1v) is 7.95. The highest BCUT2D eigenvalue weighted by Gasteiger charge is 2.18. The van der Waals surface area contributed by atoms with Crippen LogP contribution in [0.25, 0.3) is 0 Å². The average Bonchev–Trinajstić information content (AvgIpc) is 2.35. The second-order valence-corrected chi connectivity index (χ2v) is 5.84. The third kappa shape index (κ3) is 4.76. The molecule has 2 nitrogen and oxygen atoms in total. The molecule has 0 aliphatic rings. The van der Waals surface area contributed by atoms with Crippen LogP contribution in [0.1, 0.15) is 38.9 Å². The van der Waals surface area contributed by atoms with E-state index in [-0.39, 0.29) is 12.2 Å². The summed E-state index contributed by atoms with van der Waals surface area (Å²) in [7, 11) is 1.71. The monoisotopic (exact) mass is 362 g/mol. The average molecular weight is 362 g/mol. The van der Waals surface area contributed by atoms with E-state index in [1.165, 1.54) is 0 Å². The summed E-state index contributed by atoms with van der Waals surface area (Å²) < 4.78 is 12.5. The zero-order chi connectivity index (χ0) is 13.5. The number of hydrogen-bond donors (Lipinski definition) is 0. The maximum absolute atomic E-state index is 6.15. The number of methoxy groups -OCH3 is 1. The Balaban J connectivity index is 2.76. The number of alkyl halides is 1. The van der Waals surface area contributed by atoms with E-state index in [1.807, 2.05) is 18.2 Å². The van der Waals surface area contributed by atoms with Gasteiger partial charge in [0.15, 0.2) is 0 Å². The number of rotatable bonds is 7. The molecule has 0 saturated heterocycles. The van der Waals surface area contributed by atoms with Crippen LogP contribution in [0.4, 0.5) is 0 Å². The van der Waals surface area contributed by atoms with Gasteiger partial charge >= 0.3 is 0 Å². The van der Waals surface area contributed by atoms with E-state index in [0.29, 0.717) is 5.92 Å². The van der Waals surface area contributed by atoms with Gasteiger partial charge in [0, 0.05) is 9.99 Å². The molecule has 18 heavy (non-hydrogen) atoms. The van der Waals surface area contributed by atoms with Crippen LogP contribution in [0, 0.1) is 5.92 Å². The highest BCUT2D eigenvalue weighted by atomic mass is 127. The molecule has 2 atom stereocenters. The molecule has 3 heteroatoms. The second-order valence-electron chi connectivity index (χ2n) is 4.96. The van der Waals surface area contributed by atoms with Crippen molar-refractivity contribution in [2.75, 3.05) is 11.5 Å². The van der Waals surface area contributed by atoms with Gasteiger partial charge in [0.25, 0.3) is 0 Å². The Bertz CT molecular complexity index is 352. The van der Waals surface area contributed by atoms with Crippen molar-refractivity contribution in [3.05, 3.63) is 29.8 Å². The number of benzene rings is 1. The van der Waals surface area contributed by atoms with Gasteiger partial charge in [-0.05, 0) is 25.3 Å². The van der Waals surface area contributed by atoms with Crippen LogP contribution in [0.3, 0.4) is 0 Å². The lowest BCUT2D eigenvalue weighted by Gasteiger charge is -2.23. The minimum absolute atomic E-state index is 0.107. The lowest BCUT2D eigenvalue weighted by molar-refractivity contribution is -0.000138. The topological polar surface area (TPSA) is 18.5 Å². The highest BCUT2D eigenvalue weighted by Crippen LogP contribution is 2.30. The lowest BCUT2D eigenvalue weighted by Crippen LogP contribution is -2.17. The molecule has 0 aromatic heterocycles. The summed E-state index contributed by atoms with van der Waals surface area (Å²) in [4.78, 5) is 0. The van der Waals surface area contributed by atoms with E-state index < -0.39 is 0 Å². The van der Waals surface area contributed by atoms with Crippen LogP contribution >= 0.6 is 22.6 Å². The third-order valence-electron chi connectivity index (χ3n) is 2.83. The first kappa shape index (κ1) is 15.8. The van der Waals surface area contributed by atoms with Gasteiger partial charge in [0.1, 0.15) is 5.75 Å². The first-order chi connectivity index (χ1) is 8.58. The largest absolute Gasteiger partial charge is 0.496 e. The van der Waals surface area contributed by atoms with Gasteiger partial charge in [-0.3, -0.25) is 0 Å². The quantitative estimate of drug-likeness (QED) is 0.520. The zero-order valence-electron chi connectivity index (χ0n) is 11.7. The van der Waals surface area contributed by atoms with Crippen molar-refractivity contribution in [3.63, 3.8) is 0 Å². The molecule has 0 N–H and O–H groups in total. The molecule has 0 saturated carbocycles. The molecular formula is C15H23IO2. The summed E-state index contributed by atoms with van der Waals surface area (Å²) in [5.74, 6) is 1.57. The highest BCUT2D eigenvalue weighted by molar-refractivity contribution is 14.1. The fraction of sp³-hybridized carbons (Fsp3) is 0.600. The van der Waals surface area contributed by atoms with Gasteiger partial charge in [0.2, 0.25) is 0 Å². The maximum Gasteiger partial charge on any atom is 0.124 e. The van der Waals surface area contributed by atoms with Gasteiger partial charge in [-0.1, -0.05) is 54.6 Å². The Labute approximate surface area is 124 Å². The Morgan fingerprint density at radius 1 is 1.17 bits per heavy atom. The fourth-order valence-electron chi connectivity index (χ4n) is 2.13. The van der Waals surface area contributed by atoms with Crippen molar-refractivity contribution in [1.82, 2.24) is 0 Å². The number of para-hydroxylation sites is 1. The molecule has 1 aromatic carbocycles. The Kier molecular flexibility index (Phi) is 7.00. The van der Waals surface area contributed by atoms with Gasteiger partial charge in [-0.25, -0.2) is 0 Å². The lowest BCUT2D eigenvalue weighted by atomic mass is 10.1. The molecule has 0 fully saturated rings. The van der Waals surface area contributed by atoms with E-state index in [9.17, 15) is 0 Å². The fourth-order valence-corrected chi connectivity index (χ4v) is 2.81. The summed E-state index contributed by atoms with van der Waals surface area (Å²) in [5, 5.41) is 0. The molecule has 0 spiro atoms. The summed E-state index contributed by atoms with van der Waals surface area (Å²) in [6.45, 7) is 6.60. The van der Waals surface area contributed by atoms with Crippen molar-refractivity contribution in [2.45, 2.75) is 39.4 Å². The predicted octanol–water partition coefficient (Wildman–Crippen LogP) is 4.62. The van der Waals surface area contributed by atoms with Crippen LogP contribution in [-0.4, -0.2) is 17.6 Å². The van der Waals surface area contributed by atoms with E-state index in [4.69, 9.17) is 9.47 Å². The van der Waals surface area contributed by atoms with Crippen molar-refractivity contribution < 1.29 is 9.47 Å². The summed E-state index contributed by atoms with van der Waals surface area (Å²) in [5.41, 5.74) is 1.14. The van der Waals surface area contributed by atoms with E-state index >= 15 is 0 Å². The van der Waals surface area contributed by atoms with Crippen LogP contribution in [-0.2, 0) is 4.74 Å². The van der Waals surface area contributed by atoms with Crippen molar-refractivity contribution in [3.8, 4) is 5.75 Å². The minimum atomic E-state index is 0.107. The van der Waals surface area contributed by atoms with E-state index in [0.717, 1.165) is 22.2 Å². The van der Waals surface area contributed by atoms with Gasteiger partial charge in [0.05, 0.1) is 19.3 Å². The molecule has 1 aromatic rings. The van der Waals surface area contributed by atoms with E-state index in [1.54, 1.807) is 7.11 Å². The van der Waals surface area contributed by atoms with E-state index in [2.05, 4.69) is 49.4 Å². The molecule has 0 aliphatic carbocycles. The maximum atomic E-state index is 6.15. The first-order valence-electron chi connectivity index (χ1n) is 6.42. The normalized spacial score (nSPS) is 14.6. The molecule has 0 heterocycles. The van der Waals surface area contributed by atoms with Crippen LogP contribution in [0.5, 0.6) is 5.75 Å². The van der Waals surface area contributed by atoms with Gasteiger partial charge in [-0.15, -0.1) is 0 Å². The molecule has 1 rings (SSSR count). The molecule has 2 unspecified atom stereocenters. The zero-order valence-corrected chi connectivity index (χ0v) is 13.8. The Hall–Kier alpha value is -0.290. The smallest absolute Gasteiger partial charge is 0.124 e. The SMILES string of the molecule is COc1ccccc1C(CI)OC(C)CC(C)C. The van der Waals surface area contributed by atoms with Gasteiger partial charge < -0.3 is 9.47 Å². The standard InChI is InChI=1S/C15H23IO2/c1-11(2)9-12(3)18-15(10-16)13-7-5-6-8-14(13)17-4/h5-8,11-12,15H,9-10H2,1-4H3. The van der Waals surface area contributed by atoms with Crippen molar-refractivity contribution in [1.29, 1.82) is 0 Å². The molecule has 0 bridgehead atoms. The summed E-state index contributed by atoms with van der Waals surface area (Å²) >= 11 is 2.37. The van der Waals surface area contributed by atoms with Crippen molar-refractivity contribution >= 4 is 22.6 Å². The molecule has 0 radical (unpaired) electrons. The predicted molar refractivity (Wildman–Crippen MR) is 84.6 cm³/mol. The van der Waals surface area contributed by atoms with Crippen molar-refractivity contribution in [2.24, 2.45) is 5.92 Å². The summed E-state index contributed by atoms with van der Waals surface area (Å²) in [6.07, 6.45) is 1.47.